The highest BCUT2D eigenvalue weighted by Crippen LogP contribution is 2.38. The molecule has 0 aliphatic carbocycles. The van der Waals surface area contributed by atoms with E-state index >= 15 is 0 Å². The van der Waals surface area contributed by atoms with Crippen molar-refractivity contribution < 1.29 is 9.78 Å². The van der Waals surface area contributed by atoms with Crippen LogP contribution in [0.3, 0.4) is 0 Å². The molecule has 1 aliphatic heterocycles. The Bertz CT molecular complexity index is 336. The van der Waals surface area contributed by atoms with Crippen molar-refractivity contribution >= 4 is 0 Å². The van der Waals surface area contributed by atoms with E-state index in [1.54, 1.807) is 0 Å². The van der Waals surface area contributed by atoms with Gasteiger partial charge in [-0.2, -0.15) is 0 Å². The smallest absolute Gasteiger partial charge is 0.128 e. The first-order valence-electron chi connectivity index (χ1n) is 6.64. The second-order valence-corrected chi connectivity index (χ2v) is 5.10. The Morgan fingerprint density at radius 3 is 2.71 bits per heavy atom. The summed E-state index contributed by atoms with van der Waals surface area (Å²) in [4.78, 5) is 11.0. The molecule has 0 radical (unpaired) electrons. The fraction of sp³-hybridized carbons (Fsp3) is 0.600. The summed E-state index contributed by atoms with van der Waals surface area (Å²) in [6.07, 6.45) is 6.09. The number of rotatable bonds is 5. The SMILES string of the molecule is CCCCCC1CC(C)(c2ccccc2)OO1. The van der Waals surface area contributed by atoms with Crippen LogP contribution in [0.25, 0.3) is 0 Å². The van der Waals surface area contributed by atoms with E-state index in [2.05, 4.69) is 26.0 Å². The molecule has 17 heavy (non-hydrogen) atoms. The molecule has 1 aliphatic rings. The van der Waals surface area contributed by atoms with E-state index in [0.717, 1.165) is 12.8 Å². The van der Waals surface area contributed by atoms with Crippen molar-refractivity contribution in [1.82, 2.24) is 0 Å². The fourth-order valence-corrected chi connectivity index (χ4v) is 2.41. The predicted molar refractivity (Wildman–Crippen MR) is 68.5 cm³/mol. The summed E-state index contributed by atoms with van der Waals surface area (Å²) in [5.41, 5.74) is 0.941. The quantitative estimate of drug-likeness (QED) is 0.561. The second kappa shape index (κ2) is 5.65. The van der Waals surface area contributed by atoms with Gasteiger partial charge in [0.05, 0.1) is 6.10 Å². The molecule has 0 N–H and O–H groups in total. The summed E-state index contributed by atoms with van der Waals surface area (Å²) in [5, 5.41) is 0. The molecule has 2 atom stereocenters. The lowest BCUT2D eigenvalue weighted by Crippen LogP contribution is -2.20. The van der Waals surface area contributed by atoms with E-state index in [0.29, 0.717) is 0 Å². The van der Waals surface area contributed by atoms with Crippen molar-refractivity contribution in [2.45, 2.75) is 57.7 Å². The standard InChI is InChI=1S/C15H22O2/c1-3-4-6-11-14-12-15(2,17-16-14)13-9-7-5-8-10-13/h5,7-10,14H,3-4,6,11-12H2,1-2H3. The van der Waals surface area contributed by atoms with Gasteiger partial charge in [-0.1, -0.05) is 56.5 Å². The third kappa shape index (κ3) is 3.08. The first-order valence-corrected chi connectivity index (χ1v) is 6.64. The van der Waals surface area contributed by atoms with Crippen LogP contribution in [-0.4, -0.2) is 6.10 Å². The van der Waals surface area contributed by atoms with Gasteiger partial charge in [-0.3, -0.25) is 0 Å². The topological polar surface area (TPSA) is 18.5 Å². The second-order valence-electron chi connectivity index (χ2n) is 5.10. The van der Waals surface area contributed by atoms with Gasteiger partial charge < -0.3 is 0 Å². The largest absolute Gasteiger partial charge is 0.232 e. The van der Waals surface area contributed by atoms with Gasteiger partial charge in [0.25, 0.3) is 0 Å². The lowest BCUT2D eigenvalue weighted by Gasteiger charge is -2.20. The molecule has 2 unspecified atom stereocenters. The molecule has 1 aromatic carbocycles. The molecular formula is C15H22O2. The van der Waals surface area contributed by atoms with Gasteiger partial charge in [-0.15, -0.1) is 0 Å². The van der Waals surface area contributed by atoms with Crippen LogP contribution in [-0.2, 0) is 15.4 Å². The number of unbranched alkanes of at least 4 members (excludes halogenated alkanes) is 2. The molecule has 1 heterocycles. The Morgan fingerprint density at radius 2 is 2.00 bits per heavy atom. The first-order chi connectivity index (χ1) is 8.24. The molecule has 2 nitrogen and oxygen atoms in total. The van der Waals surface area contributed by atoms with Crippen LogP contribution in [0.5, 0.6) is 0 Å². The molecule has 2 rings (SSSR count). The highest BCUT2D eigenvalue weighted by molar-refractivity contribution is 5.22. The summed E-state index contributed by atoms with van der Waals surface area (Å²) >= 11 is 0. The average Bonchev–Trinajstić information content (AvgIpc) is 2.74. The summed E-state index contributed by atoms with van der Waals surface area (Å²) < 4.78 is 0. The van der Waals surface area contributed by atoms with Crippen molar-refractivity contribution in [3.63, 3.8) is 0 Å². The maximum atomic E-state index is 5.57. The number of benzene rings is 1. The Kier molecular flexibility index (Phi) is 4.19. The fourth-order valence-electron chi connectivity index (χ4n) is 2.41. The molecule has 0 bridgehead atoms. The minimum Gasteiger partial charge on any atom is -0.232 e. The highest BCUT2D eigenvalue weighted by Gasteiger charge is 2.39. The van der Waals surface area contributed by atoms with Crippen molar-refractivity contribution in [1.29, 1.82) is 0 Å². The summed E-state index contributed by atoms with van der Waals surface area (Å²) in [5.74, 6) is 0. The molecule has 94 valence electrons. The monoisotopic (exact) mass is 234 g/mol. The van der Waals surface area contributed by atoms with Gasteiger partial charge in [0, 0.05) is 6.42 Å². The average molecular weight is 234 g/mol. The molecule has 0 amide bonds. The number of hydrogen-bond donors (Lipinski definition) is 0. The van der Waals surface area contributed by atoms with Crippen molar-refractivity contribution in [2.75, 3.05) is 0 Å². The van der Waals surface area contributed by atoms with Crippen molar-refractivity contribution in [3.05, 3.63) is 35.9 Å². The van der Waals surface area contributed by atoms with Crippen molar-refractivity contribution in [2.24, 2.45) is 0 Å². The summed E-state index contributed by atoms with van der Waals surface area (Å²) in [6.45, 7) is 4.34. The molecule has 0 saturated carbocycles. The maximum absolute atomic E-state index is 5.57. The molecular weight excluding hydrogens is 212 g/mol. The van der Waals surface area contributed by atoms with Crippen LogP contribution in [0.2, 0.25) is 0 Å². The normalized spacial score (nSPS) is 28.5. The van der Waals surface area contributed by atoms with Gasteiger partial charge in [-0.25, -0.2) is 9.78 Å². The van der Waals surface area contributed by atoms with E-state index in [9.17, 15) is 0 Å². The van der Waals surface area contributed by atoms with Gasteiger partial charge in [0.2, 0.25) is 0 Å². The molecule has 1 fully saturated rings. The third-order valence-electron chi connectivity index (χ3n) is 3.50. The molecule has 0 aromatic heterocycles. The molecule has 0 spiro atoms. The van der Waals surface area contributed by atoms with Crippen LogP contribution in [0.15, 0.2) is 30.3 Å². The first kappa shape index (κ1) is 12.6. The van der Waals surface area contributed by atoms with E-state index in [4.69, 9.17) is 9.78 Å². The van der Waals surface area contributed by atoms with E-state index < -0.39 is 0 Å². The van der Waals surface area contributed by atoms with Crippen molar-refractivity contribution in [3.8, 4) is 0 Å². The Morgan fingerprint density at radius 1 is 1.24 bits per heavy atom. The Hall–Kier alpha value is -0.860. The molecule has 1 saturated heterocycles. The van der Waals surface area contributed by atoms with Gasteiger partial charge in [0.1, 0.15) is 5.60 Å². The van der Waals surface area contributed by atoms with Gasteiger partial charge in [0.15, 0.2) is 0 Å². The van der Waals surface area contributed by atoms with Gasteiger partial charge >= 0.3 is 0 Å². The zero-order chi connectivity index (χ0) is 12.1. The highest BCUT2D eigenvalue weighted by atomic mass is 17.2. The van der Waals surface area contributed by atoms with Crippen LogP contribution in [0, 0.1) is 0 Å². The minimum atomic E-state index is -0.266. The van der Waals surface area contributed by atoms with E-state index in [1.807, 2.05) is 18.2 Å². The zero-order valence-corrected chi connectivity index (χ0v) is 10.8. The van der Waals surface area contributed by atoms with Crippen LogP contribution in [0.4, 0.5) is 0 Å². The van der Waals surface area contributed by atoms with Gasteiger partial charge in [-0.05, 0) is 18.9 Å². The Labute approximate surface area is 104 Å². The summed E-state index contributed by atoms with van der Waals surface area (Å²) in [6, 6.07) is 10.3. The summed E-state index contributed by atoms with van der Waals surface area (Å²) in [7, 11) is 0. The lowest BCUT2D eigenvalue weighted by molar-refractivity contribution is -0.327. The predicted octanol–water partition coefficient (Wildman–Crippen LogP) is 4.20. The lowest BCUT2D eigenvalue weighted by atomic mass is 9.89. The van der Waals surface area contributed by atoms with E-state index in [1.165, 1.54) is 24.8 Å². The van der Waals surface area contributed by atoms with Crippen LogP contribution >= 0.6 is 0 Å². The Balaban J connectivity index is 1.92. The van der Waals surface area contributed by atoms with Crippen LogP contribution < -0.4 is 0 Å². The third-order valence-corrected chi connectivity index (χ3v) is 3.50. The van der Waals surface area contributed by atoms with E-state index in [-0.39, 0.29) is 11.7 Å². The van der Waals surface area contributed by atoms with Crippen LogP contribution in [0.1, 0.15) is 51.5 Å². The number of hydrogen-bond acceptors (Lipinski definition) is 2. The maximum Gasteiger partial charge on any atom is 0.128 e. The zero-order valence-electron chi connectivity index (χ0n) is 10.8. The molecule has 2 heteroatoms. The minimum absolute atomic E-state index is 0.256. The molecule has 1 aromatic rings.